The maximum absolute atomic E-state index is 12.5. The predicted octanol–water partition coefficient (Wildman–Crippen LogP) is 3.78. The SMILES string of the molecule is CC(C)(C)OC(=O)NC1CCN([C@@H]2CCCN(C(=O)OCc3ccccc3)CC2)C1. The lowest BCUT2D eigenvalue weighted by Crippen LogP contribution is -2.42. The Morgan fingerprint density at radius 2 is 1.83 bits per heavy atom. The van der Waals surface area contributed by atoms with Crippen molar-refractivity contribution in [3.63, 3.8) is 0 Å². The van der Waals surface area contributed by atoms with E-state index in [0.717, 1.165) is 50.9 Å². The lowest BCUT2D eigenvalue weighted by atomic mass is 10.1. The van der Waals surface area contributed by atoms with Crippen LogP contribution in [0.3, 0.4) is 0 Å². The largest absolute Gasteiger partial charge is 0.445 e. The number of amides is 2. The minimum absolute atomic E-state index is 0.120. The number of rotatable bonds is 4. The van der Waals surface area contributed by atoms with Gasteiger partial charge in [-0.3, -0.25) is 4.90 Å². The third-order valence-electron chi connectivity index (χ3n) is 5.62. The highest BCUT2D eigenvalue weighted by Crippen LogP contribution is 2.22. The summed E-state index contributed by atoms with van der Waals surface area (Å²) in [6, 6.07) is 10.3. The van der Waals surface area contributed by atoms with E-state index in [4.69, 9.17) is 9.47 Å². The summed E-state index contributed by atoms with van der Waals surface area (Å²) in [4.78, 5) is 28.8. The molecule has 1 aromatic rings. The molecular weight excluding hydrogens is 382 g/mol. The number of nitrogens with zero attached hydrogens (tertiary/aromatic N) is 2. The van der Waals surface area contributed by atoms with Crippen molar-refractivity contribution in [3.8, 4) is 0 Å². The third kappa shape index (κ3) is 6.90. The summed E-state index contributed by atoms with van der Waals surface area (Å²) in [7, 11) is 0. The summed E-state index contributed by atoms with van der Waals surface area (Å²) in [6.07, 6.45) is 3.30. The maximum Gasteiger partial charge on any atom is 0.410 e. The lowest BCUT2D eigenvalue weighted by Gasteiger charge is -2.27. The summed E-state index contributed by atoms with van der Waals surface area (Å²) in [5.41, 5.74) is 0.515. The summed E-state index contributed by atoms with van der Waals surface area (Å²) in [5, 5.41) is 2.99. The highest BCUT2D eigenvalue weighted by molar-refractivity contribution is 5.68. The summed E-state index contributed by atoms with van der Waals surface area (Å²) < 4.78 is 10.9. The molecule has 2 aliphatic rings. The Balaban J connectivity index is 1.41. The molecule has 7 heteroatoms. The molecule has 1 unspecified atom stereocenters. The number of carbonyl (C=O) groups is 2. The van der Waals surface area contributed by atoms with Crippen LogP contribution in [0.2, 0.25) is 0 Å². The molecule has 2 fully saturated rings. The van der Waals surface area contributed by atoms with Gasteiger partial charge in [0, 0.05) is 38.3 Å². The first kappa shape index (κ1) is 22.4. The monoisotopic (exact) mass is 417 g/mol. The van der Waals surface area contributed by atoms with Gasteiger partial charge in [-0.2, -0.15) is 0 Å². The fraction of sp³-hybridized carbons (Fsp3) is 0.652. The van der Waals surface area contributed by atoms with E-state index >= 15 is 0 Å². The molecule has 0 aromatic heterocycles. The quantitative estimate of drug-likeness (QED) is 0.807. The van der Waals surface area contributed by atoms with Crippen LogP contribution in [0, 0.1) is 0 Å². The van der Waals surface area contributed by atoms with Gasteiger partial charge in [-0.05, 0) is 52.0 Å². The predicted molar refractivity (Wildman–Crippen MR) is 115 cm³/mol. The molecule has 30 heavy (non-hydrogen) atoms. The summed E-state index contributed by atoms with van der Waals surface area (Å²) >= 11 is 0. The van der Waals surface area contributed by atoms with Gasteiger partial charge in [-0.1, -0.05) is 30.3 Å². The van der Waals surface area contributed by atoms with Crippen LogP contribution in [0.1, 0.15) is 52.0 Å². The van der Waals surface area contributed by atoms with E-state index in [0.29, 0.717) is 19.2 Å². The normalized spacial score (nSPS) is 23.0. The second-order valence-corrected chi connectivity index (χ2v) is 9.24. The first-order valence-electron chi connectivity index (χ1n) is 11.0. The average molecular weight is 418 g/mol. The van der Waals surface area contributed by atoms with Gasteiger partial charge in [-0.15, -0.1) is 0 Å². The Labute approximate surface area is 179 Å². The van der Waals surface area contributed by atoms with Crippen molar-refractivity contribution < 1.29 is 19.1 Å². The molecule has 2 aliphatic heterocycles. The zero-order valence-electron chi connectivity index (χ0n) is 18.4. The Hall–Kier alpha value is -2.28. The molecule has 3 rings (SSSR count). The van der Waals surface area contributed by atoms with Gasteiger partial charge in [0.2, 0.25) is 0 Å². The van der Waals surface area contributed by atoms with E-state index in [2.05, 4.69) is 10.2 Å². The molecule has 2 saturated heterocycles. The highest BCUT2D eigenvalue weighted by Gasteiger charge is 2.32. The molecular formula is C23H35N3O4. The maximum atomic E-state index is 12.5. The van der Waals surface area contributed by atoms with Crippen molar-refractivity contribution in [1.82, 2.24) is 15.1 Å². The van der Waals surface area contributed by atoms with E-state index in [1.165, 1.54) is 0 Å². The molecule has 2 atom stereocenters. The van der Waals surface area contributed by atoms with Crippen LogP contribution in [0.4, 0.5) is 9.59 Å². The second kappa shape index (κ2) is 10.2. The number of carbonyl (C=O) groups excluding carboxylic acids is 2. The topological polar surface area (TPSA) is 71.1 Å². The average Bonchev–Trinajstić information content (AvgIpc) is 3.00. The molecule has 0 radical (unpaired) electrons. The van der Waals surface area contributed by atoms with Gasteiger partial charge in [0.25, 0.3) is 0 Å². The van der Waals surface area contributed by atoms with Crippen molar-refractivity contribution in [3.05, 3.63) is 35.9 Å². The van der Waals surface area contributed by atoms with Crippen LogP contribution in [0.5, 0.6) is 0 Å². The molecule has 0 spiro atoms. The molecule has 1 aromatic carbocycles. The number of nitrogens with one attached hydrogen (secondary N) is 1. The molecule has 0 aliphatic carbocycles. The van der Waals surface area contributed by atoms with E-state index in [9.17, 15) is 9.59 Å². The van der Waals surface area contributed by atoms with Gasteiger partial charge in [0.1, 0.15) is 12.2 Å². The van der Waals surface area contributed by atoms with Crippen molar-refractivity contribution in [2.24, 2.45) is 0 Å². The Bertz CT molecular complexity index is 704. The molecule has 1 N–H and O–H groups in total. The first-order chi connectivity index (χ1) is 14.3. The van der Waals surface area contributed by atoms with Gasteiger partial charge in [0.05, 0.1) is 0 Å². The van der Waals surface area contributed by atoms with E-state index in [1.54, 1.807) is 0 Å². The second-order valence-electron chi connectivity index (χ2n) is 9.24. The molecule has 0 bridgehead atoms. The van der Waals surface area contributed by atoms with E-state index in [1.807, 2.05) is 56.0 Å². The van der Waals surface area contributed by atoms with Crippen LogP contribution >= 0.6 is 0 Å². The molecule has 2 heterocycles. The van der Waals surface area contributed by atoms with Gasteiger partial charge < -0.3 is 19.7 Å². The van der Waals surface area contributed by atoms with Crippen molar-refractivity contribution >= 4 is 12.2 Å². The van der Waals surface area contributed by atoms with E-state index in [-0.39, 0.29) is 18.2 Å². The minimum Gasteiger partial charge on any atom is -0.445 e. The minimum atomic E-state index is -0.484. The number of hydrogen-bond donors (Lipinski definition) is 1. The van der Waals surface area contributed by atoms with Gasteiger partial charge in [-0.25, -0.2) is 9.59 Å². The number of alkyl carbamates (subject to hydrolysis) is 1. The van der Waals surface area contributed by atoms with Crippen molar-refractivity contribution in [1.29, 1.82) is 0 Å². The number of hydrogen-bond acceptors (Lipinski definition) is 5. The highest BCUT2D eigenvalue weighted by atomic mass is 16.6. The number of benzene rings is 1. The van der Waals surface area contributed by atoms with Crippen molar-refractivity contribution in [2.75, 3.05) is 26.2 Å². The van der Waals surface area contributed by atoms with Gasteiger partial charge >= 0.3 is 12.2 Å². The van der Waals surface area contributed by atoms with Crippen LogP contribution < -0.4 is 5.32 Å². The first-order valence-corrected chi connectivity index (χ1v) is 11.0. The summed E-state index contributed by atoms with van der Waals surface area (Å²) in [6.45, 7) is 9.16. The number of ether oxygens (including phenoxy) is 2. The smallest absolute Gasteiger partial charge is 0.410 e. The van der Waals surface area contributed by atoms with Gasteiger partial charge in [0.15, 0.2) is 0 Å². The molecule has 166 valence electrons. The fourth-order valence-corrected chi connectivity index (χ4v) is 4.15. The Kier molecular flexibility index (Phi) is 7.58. The van der Waals surface area contributed by atoms with Crippen LogP contribution in [0.15, 0.2) is 30.3 Å². The molecule has 7 nitrogen and oxygen atoms in total. The molecule has 0 saturated carbocycles. The standard InChI is InChI=1S/C23H35N3O4/c1-23(2,3)30-21(27)24-19-11-14-26(16-19)20-10-7-13-25(15-12-20)22(28)29-17-18-8-5-4-6-9-18/h4-6,8-9,19-20H,7,10-17H2,1-3H3,(H,24,27)/t19?,20-/m1/s1. The Morgan fingerprint density at radius 3 is 2.57 bits per heavy atom. The lowest BCUT2D eigenvalue weighted by molar-refractivity contribution is 0.0503. The van der Waals surface area contributed by atoms with E-state index < -0.39 is 5.60 Å². The third-order valence-corrected chi connectivity index (χ3v) is 5.62. The summed E-state index contributed by atoms with van der Waals surface area (Å²) in [5.74, 6) is 0. The number of likely N-dealkylation sites (tertiary alicyclic amines) is 2. The zero-order valence-corrected chi connectivity index (χ0v) is 18.4. The van der Waals surface area contributed by atoms with Crippen LogP contribution in [-0.4, -0.2) is 65.9 Å². The van der Waals surface area contributed by atoms with Crippen molar-refractivity contribution in [2.45, 2.75) is 70.7 Å². The zero-order chi connectivity index (χ0) is 21.6. The van der Waals surface area contributed by atoms with Crippen LogP contribution in [0.25, 0.3) is 0 Å². The Morgan fingerprint density at radius 1 is 1.07 bits per heavy atom. The molecule has 2 amide bonds. The fourth-order valence-electron chi connectivity index (χ4n) is 4.15. The van der Waals surface area contributed by atoms with Crippen LogP contribution in [-0.2, 0) is 16.1 Å².